The van der Waals surface area contributed by atoms with Gasteiger partial charge >= 0.3 is 0 Å². The summed E-state index contributed by atoms with van der Waals surface area (Å²) in [7, 11) is 6.86. The van der Waals surface area contributed by atoms with Crippen molar-refractivity contribution in [2.75, 3.05) is 48.0 Å². The fraction of sp³-hybridized carbons (Fsp3) is 0.333. The molecule has 186 valence electrons. The molecule has 2 aromatic rings. The molecule has 8 nitrogen and oxygen atoms in total. The molecular weight excluding hydrogens is 448 g/mol. The second kappa shape index (κ2) is 11.1. The number of carbonyl (C=O) groups is 2. The number of aliphatic hydroxyl groups excluding tert-OH is 1. The number of carbonyl (C=O) groups excluding carboxylic acids is 2. The van der Waals surface area contributed by atoms with E-state index in [2.05, 4.69) is 6.58 Å². The number of aliphatic hydroxyl groups is 1. The Labute approximate surface area is 206 Å². The summed E-state index contributed by atoms with van der Waals surface area (Å²) in [5.74, 6) is -0.0166. The van der Waals surface area contributed by atoms with E-state index in [9.17, 15) is 14.7 Å². The summed E-state index contributed by atoms with van der Waals surface area (Å²) in [5, 5.41) is 11.3. The minimum absolute atomic E-state index is 0.0279. The van der Waals surface area contributed by atoms with E-state index in [1.807, 2.05) is 25.9 Å². The van der Waals surface area contributed by atoms with E-state index in [4.69, 9.17) is 14.2 Å². The molecule has 0 aliphatic carbocycles. The lowest BCUT2D eigenvalue weighted by molar-refractivity contribution is -0.140. The molecule has 1 aliphatic heterocycles. The maximum atomic E-state index is 13.2. The molecule has 2 aromatic carbocycles. The van der Waals surface area contributed by atoms with Crippen LogP contribution in [0, 0.1) is 6.92 Å². The van der Waals surface area contributed by atoms with Crippen LogP contribution in [0.5, 0.6) is 17.2 Å². The summed E-state index contributed by atoms with van der Waals surface area (Å²) in [6.07, 6.45) is 1.63. The van der Waals surface area contributed by atoms with Crippen LogP contribution in [-0.4, -0.2) is 74.6 Å². The zero-order chi connectivity index (χ0) is 25.7. The smallest absolute Gasteiger partial charge is 0.295 e. The molecular formula is C27H32N2O6. The van der Waals surface area contributed by atoms with Gasteiger partial charge in [-0.15, -0.1) is 0 Å². The third kappa shape index (κ3) is 5.33. The minimum atomic E-state index is -0.792. The normalized spacial score (nSPS) is 17.1. The van der Waals surface area contributed by atoms with E-state index >= 15 is 0 Å². The van der Waals surface area contributed by atoms with E-state index in [1.165, 1.54) is 12.0 Å². The standard InChI is InChI=1S/C27H32N2O6/c1-7-14-35-21-11-8-18(16-22(21)34-6)24-23(26(31)27(32)29(24)13-12-28(3)4)25(30)19-9-10-20(33-5)17(2)15-19/h7-11,15-16,24,30H,1,12-14H2,2-6H3. The van der Waals surface area contributed by atoms with Crippen molar-refractivity contribution < 1.29 is 28.9 Å². The number of rotatable bonds is 10. The molecule has 3 rings (SSSR count). The van der Waals surface area contributed by atoms with Gasteiger partial charge in [-0.3, -0.25) is 9.59 Å². The zero-order valence-electron chi connectivity index (χ0n) is 20.8. The summed E-state index contributed by atoms with van der Waals surface area (Å²) in [6.45, 7) is 6.65. The second-order valence-electron chi connectivity index (χ2n) is 8.49. The van der Waals surface area contributed by atoms with Crippen molar-refractivity contribution in [3.63, 3.8) is 0 Å². The topological polar surface area (TPSA) is 88.5 Å². The lowest BCUT2D eigenvalue weighted by atomic mass is 9.94. The number of amides is 1. The van der Waals surface area contributed by atoms with E-state index in [0.717, 1.165) is 5.56 Å². The van der Waals surface area contributed by atoms with Gasteiger partial charge < -0.3 is 29.1 Å². The first-order valence-electron chi connectivity index (χ1n) is 11.2. The maximum Gasteiger partial charge on any atom is 0.295 e. The highest BCUT2D eigenvalue weighted by Crippen LogP contribution is 2.42. The van der Waals surface area contributed by atoms with Crippen molar-refractivity contribution in [2.45, 2.75) is 13.0 Å². The number of aryl methyl sites for hydroxylation is 1. The van der Waals surface area contributed by atoms with E-state index in [1.54, 1.807) is 49.6 Å². The van der Waals surface area contributed by atoms with Crippen LogP contribution in [-0.2, 0) is 9.59 Å². The van der Waals surface area contributed by atoms with Crippen LogP contribution in [0.25, 0.3) is 5.76 Å². The zero-order valence-corrected chi connectivity index (χ0v) is 20.8. The molecule has 0 radical (unpaired) electrons. The third-order valence-electron chi connectivity index (χ3n) is 5.86. The molecule has 0 saturated carbocycles. The monoisotopic (exact) mass is 480 g/mol. The molecule has 1 aliphatic rings. The van der Waals surface area contributed by atoms with Crippen molar-refractivity contribution >= 4 is 17.4 Å². The Kier molecular flexibility index (Phi) is 8.19. The van der Waals surface area contributed by atoms with Crippen LogP contribution in [0.3, 0.4) is 0 Å². The number of methoxy groups -OCH3 is 2. The molecule has 0 aromatic heterocycles. The molecule has 35 heavy (non-hydrogen) atoms. The number of nitrogens with zero attached hydrogens (tertiary/aromatic N) is 2. The van der Waals surface area contributed by atoms with Crippen molar-refractivity contribution in [3.05, 3.63) is 71.3 Å². The van der Waals surface area contributed by atoms with Crippen molar-refractivity contribution in [2.24, 2.45) is 0 Å². The summed E-state index contributed by atoms with van der Waals surface area (Å²) in [5.41, 5.74) is 1.87. The molecule has 1 heterocycles. The summed E-state index contributed by atoms with van der Waals surface area (Å²) < 4.78 is 16.5. The fourth-order valence-electron chi connectivity index (χ4n) is 4.07. The maximum absolute atomic E-state index is 13.2. The predicted octanol–water partition coefficient (Wildman–Crippen LogP) is 3.56. The quantitative estimate of drug-likeness (QED) is 0.241. The Morgan fingerprint density at radius 3 is 2.37 bits per heavy atom. The van der Waals surface area contributed by atoms with Crippen molar-refractivity contribution in [3.8, 4) is 17.2 Å². The number of Topliss-reactive ketones (excluding diaryl/α,β-unsaturated/α-hetero) is 1. The Balaban J connectivity index is 2.17. The molecule has 1 saturated heterocycles. The molecule has 1 N–H and O–H groups in total. The lowest BCUT2D eigenvalue weighted by Crippen LogP contribution is -2.35. The summed E-state index contributed by atoms with van der Waals surface area (Å²) >= 11 is 0. The number of ether oxygens (including phenoxy) is 3. The van der Waals surface area contributed by atoms with Gasteiger partial charge in [-0.2, -0.15) is 0 Å². The third-order valence-corrected chi connectivity index (χ3v) is 5.86. The first-order valence-corrected chi connectivity index (χ1v) is 11.2. The van der Waals surface area contributed by atoms with Gasteiger partial charge in [-0.05, 0) is 62.5 Å². The largest absolute Gasteiger partial charge is 0.507 e. The average Bonchev–Trinajstić information content (AvgIpc) is 3.10. The first-order chi connectivity index (χ1) is 16.7. The number of hydrogen-bond acceptors (Lipinski definition) is 7. The minimum Gasteiger partial charge on any atom is -0.507 e. The molecule has 1 amide bonds. The van der Waals surface area contributed by atoms with Gasteiger partial charge in [0.25, 0.3) is 11.7 Å². The van der Waals surface area contributed by atoms with Gasteiger partial charge in [-0.25, -0.2) is 0 Å². The van der Waals surface area contributed by atoms with Crippen LogP contribution >= 0.6 is 0 Å². The number of ketones is 1. The van der Waals surface area contributed by atoms with Gasteiger partial charge in [0.1, 0.15) is 18.1 Å². The Bertz CT molecular complexity index is 1150. The number of hydrogen-bond donors (Lipinski definition) is 1. The van der Waals surface area contributed by atoms with E-state index in [-0.39, 0.29) is 11.3 Å². The lowest BCUT2D eigenvalue weighted by Gasteiger charge is -2.27. The van der Waals surface area contributed by atoms with Gasteiger partial charge in [0.05, 0.1) is 25.8 Å². The van der Waals surface area contributed by atoms with Gasteiger partial charge in [0, 0.05) is 18.7 Å². The van der Waals surface area contributed by atoms with Gasteiger partial charge in [0.15, 0.2) is 11.5 Å². The molecule has 1 atom stereocenters. The van der Waals surface area contributed by atoms with Crippen LogP contribution in [0.15, 0.2) is 54.6 Å². The van der Waals surface area contributed by atoms with Crippen LogP contribution < -0.4 is 14.2 Å². The molecule has 0 spiro atoms. The number of benzene rings is 2. The number of likely N-dealkylation sites (tertiary alicyclic amines) is 1. The highest BCUT2D eigenvalue weighted by molar-refractivity contribution is 6.46. The Morgan fingerprint density at radius 1 is 1.09 bits per heavy atom. The molecule has 8 heteroatoms. The van der Waals surface area contributed by atoms with Gasteiger partial charge in [0.2, 0.25) is 0 Å². The fourth-order valence-corrected chi connectivity index (χ4v) is 4.07. The second-order valence-corrected chi connectivity index (χ2v) is 8.49. The van der Waals surface area contributed by atoms with Gasteiger partial charge in [-0.1, -0.05) is 18.7 Å². The van der Waals surface area contributed by atoms with E-state index < -0.39 is 17.7 Å². The van der Waals surface area contributed by atoms with Crippen LogP contribution in [0.1, 0.15) is 22.7 Å². The highest BCUT2D eigenvalue weighted by atomic mass is 16.5. The van der Waals surface area contributed by atoms with Crippen molar-refractivity contribution in [1.82, 2.24) is 9.80 Å². The van der Waals surface area contributed by atoms with Crippen molar-refractivity contribution in [1.29, 1.82) is 0 Å². The average molecular weight is 481 g/mol. The molecule has 1 unspecified atom stereocenters. The number of likely N-dealkylation sites (N-methyl/N-ethyl adjacent to an activating group) is 1. The first kappa shape index (κ1) is 25.8. The molecule has 0 bridgehead atoms. The Hall–Kier alpha value is -3.78. The highest BCUT2D eigenvalue weighted by Gasteiger charge is 2.46. The molecule has 1 fully saturated rings. The predicted molar refractivity (Wildman–Crippen MR) is 134 cm³/mol. The van der Waals surface area contributed by atoms with E-state index in [0.29, 0.717) is 48.1 Å². The van der Waals surface area contributed by atoms with Crippen LogP contribution in [0.4, 0.5) is 0 Å². The summed E-state index contributed by atoms with van der Waals surface area (Å²) in [6, 6.07) is 9.54. The summed E-state index contributed by atoms with van der Waals surface area (Å²) in [4.78, 5) is 29.7. The van der Waals surface area contributed by atoms with Crippen LogP contribution in [0.2, 0.25) is 0 Å². The Morgan fingerprint density at radius 2 is 1.77 bits per heavy atom. The SMILES string of the molecule is C=CCOc1ccc(C2C(=C(O)c3ccc(OC)c(C)c3)C(=O)C(=O)N2CCN(C)C)cc1OC.